The number of ether oxygens (including phenoxy) is 1. The van der Waals surface area contributed by atoms with Gasteiger partial charge in [0.2, 0.25) is 0 Å². The summed E-state index contributed by atoms with van der Waals surface area (Å²) < 4.78 is 4.98. The van der Waals surface area contributed by atoms with Crippen LogP contribution >= 0.6 is 0 Å². The maximum Gasteiger partial charge on any atom is 0.151 e. The highest BCUT2D eigenvalue weighted by Crippen LogP contribution is 2.12. The molecule has 0 bridgehead atoms. The number of rotatable bonds is 4. The van der Waals surface area contributed by atoms with Crippen LogP contribution in [0.15, 0.2) is 24.3 Å². The fourth-order valence-electron chi connectivity index (χ4n) is 1.12. The van der Waals surface area contributed by atoms with Crippen molar-refractivity contribution < 1.29 is 9.53 Å². The first-order chi connectivity index (χ1) is 6.76. The van der Waals surface area contributed by atoms with Crippen molar-refractivity contribution in [2.75, 3.05) is 7.11 Å². The average molecular weight is 189 g/mol. The smallest absolute Gasteiger partial charge is 0.151 e. The van der Waals surface area contributed by atoms with Gasteiger partial charge in [0.15, 0.2) is 5.78 Å². The van der Waals surface area contributed by atoms with Crippen LogP contribution < -0.4 is 4.74 Å². The van der Waals surface area contributed by atoms with Crippen LogP contribution in [0.3, 0.4) is 0 Å². The van der Waals surface area contributed by atoms with Crippen LogP contribution in [0, 0.1) is 11.3 Å². The van der Waals surface area contributed by atoms with Gasteiger partial charge in [-0.1, -0.05) is 12.1 Å². The Labute approximate surface area is 82.9 Å². The van der Waals surface area contributed by atoms with Crippen molar-refractivity contribution in [3.05, 3.63) is 29.8 Å². The normalized spacial score (nSPS) is 9.14. The van der Waals surface area contributed by atoms with E-state index in [0.717, 1.165) is 11.3 Å². The summed E-state index contributed by atoms with van der Waals surface area (Å²) >= 11 is 0. The van der Waals surface area contributed by atoms with E-state index in [2.05, 4.69) is 0 Å². The van der Waals surface area contributed by atoms with Crippen molar-refractivity contribution in [3.8, 4) is 11.8 Å². The number of Topliss-reactive ketones (excluding diaryl/α,β-unsaturated/α-hetero) is 1. The van der Waals surface area contributed by atoms with E-state index in [9.17, 15) is 4.79 Å². The molecular weight excluding hydrogens is 178 g/mol. The SMILES string of the molecule is COc1ccc(CC(=O)CC#N)cc1. The monoisotopic (exact) mass is 189 g/mol. The quantitative estimate of drug-likeness (QED) is 0.724. The Morgan fingerprint density at radius 1 is 1.43 bits per heavy atom. The van der Waals surface area contributed by atoms with Gasteiger partial charge in [-0.3, -0.25) is 4.79 Å². The third-order valence-electron chi connectivity index (χ3n) is 1.84. The predicted octanol–water partition coefficient (Wildman–Crippen LogP) is 1.72. The zero-order chi connectivity index (χ0) is 10.4. The van der Waals surface area contributed by atoms with Crippen molar-refractivity contribution in [1.29, 1.82) is 5.26 Å². The van der Waals surface area contributed by atoms with Crippen molar-refractivity contribution in [2.45, 2.75) is 12.8 Å². The number of carbonyl (C=O) groups is 1. The topological polar surface area (TPSA) is 50.1 Å². The molecule has 0 atom stereocenters. The number of nitrogens with zero attached hydrogens (tertiary/aromatic N) is 1. The van der Waals surface area contributed by atoms with Gasteiger partial charge in [-0.25, -0.2) is 0 Å². The van der Waals surface area contributed by atoms with E-state index < -0.39 is 0 Å². The zero-order valence-electron chi connectivity index (χ0n) is 7.99. The van der Waals surface area contributed by atoms with Gasteiger partial charge in [-0.15, -0.1) is 0 Å². The van der Waals surface area contributed by atoms with Crippen molar-refractivity contribution in [2.24, 2.45) is 0 Å². The van der Waals surface area contributed by atoms with E-state index in [1.54, 1.807) is 19.2 Å². The van der Waals surface area contributed by atoms with Crippen LogP contribution in [-0.4, -0.2) is 12.9 Å². The lowest BCUT2D eigenvalue weighted by molar-refractivity contribution is -0.117. The van der Waals surface area contributed by atoms with Gasteiger partial charge in [0.25, 0.3) is 0 Å². The number of hydrogen-bond acceptors (Lipinski definition) is 3. The molecule has 0 amide bonds. The van der Waals surface area contributed by atoms with Gasteiger partial charge in [0.05, 0.1) is 19.6 Å². The minimum atomic E-state index is -0.0577. The minimum absolute atomic E-state index is 0.0218. The van der Waals surface area contributed by atoms with Crippen molar-refractivity contribution in [1.82, 2.24) is 0 Å². The van der Waals surface area contributed by atoms with E-state index in [0.29, 0.717) is 6.42 Å². The van der Waals surface area contributed by atoms with Crippen molar-refractivity contribution >= 4 is 5.78 Å². The Balaban J connectivity index is 2.60. The number of nitriles is 1. The summed E-state index contributed by atoms with van der Waals surface area (Å²) in [4.78, 5) is 11.1. The summed E-state index contributed by atoms with van der Waals surface area (Å²) in [6.07, 6.45) is 0.295. The largest absolute Gasteiger partial charge is 0.497 e. The molecule has 1 aromatic rings. The molecule has 0 N–H and O–H groups in total. The molecule has 0 spiro atoms. The number of carbonyl (C=O) groups excluding carboxylic acids is 1. The molecule has 1 rings (SSSR count). The van der Waals surface area contributed by atoms with Crippen LogP contribution in [-0.2, 0) is 11.2 Å². The van der Waals surface area contributed by atoms with Crippen LogP contribution in [0.5, 0.6) is 5.75 Å². The van der Waals surface area contributed by atoms with Gasteiger partial charge in [-0.2, -0.15) is 5.26 Å². The Morgan fingerprint density at radius 2 is 2.07 bits per heavy atom. The molecule has 0 saturated carbocycles. The zero-order valence-corrected chi connectivity index (χ0v) is 7.99. The molecule has 0 fully saturated rings. The van der Waals surface area contributed by atoms with Gasteiger partial charge in [0.1, 0.15) is 5.75 Å². The predicted molar refractivity (Wildman–Crippen MR) is 51.9 cm³/mol. The second-order valence-corrected chi connectivity index (χ2v) is 2.90. The summed E-state index contributed by atoms with van der Waals surface area (Å²) in [6, 6.07) is 9.09. The molecule has 3 nitrogen and oxygen atoms in total. The van der Waals surface area contributed by atoms with E-state index in [1.807, 2.05) is 18.2 Å². The maximum atomic E-state index is 11.1. The lowest BCUT2D eigenvalue weighted by Gasteiger charge is -2.01. The fraction of sp³-hybridized carbons (Fsp3) is 0.273. The Morgan fingerprint density at radius 3 is 2.57 bits per heavy atom. The van der Waals surface area contributed by atoms with Crippen LogP contribution in [0.1, 0.15) is 12.0 Å². The second-order valence-electron chi connectivity index (χ2n) is 2.90. The van der Waals surface area contributed by atoms with Crippen LogP contribution in [0.2, 0.25) is 0 Å². The van der Waals surface area contributed by atoms with Gasteiger partial charge in [0, 0.05) is 6.42 Å². The van der Waals surface area contributed by atoms with Gasteiger partial charge < -0.3 is 4.74 Å². The number of hydrogen-bond donors (Lipinski definition) is 0. The minimum Gasteiger partial charge on any atom is -0.497 e. The van der Waals surface area contributed by atoms with E-state index >= 15 is 0 Å². The average Bonchev–Trinajstić information content (AvgIpc) is 2.19. The Bertz CT molecular complexity index is 349. The first kappa shape index (κ1) is 10.3. The molecule has 0 aliphatic heterocycles. The van der Waals surface area contributed by atoms with Gasteiger partial charge in [-0.05, 0) is 17.7 Å². The molecule has 0 aromatic heterocycles. The fourth-order valence-corrected chi connectivity index (χ4v) is 1.12. The van der Waals surface area contributed by atoms with E-state index in [1.165, 1.54) is 0 Å². The van der Waals surface area contributed by atoms with Crippen LogP contribution in [0.4, 0.5) is 0 Å². The molecule has 0 heterocycles. The van der Waals surface area contributed by atoms with Gasteiger partial charge >= 0.3 is 0 Å². The second kappa shape index (κ2) is 5.03. The number of methoxy groups -OCH3 is 1. The summed E-state index contributed by atoms with van der Waals surface area (Å²) in [7, 11) is 1.59. The maximum absolute atomic E-state index is 11.1. The molecule has 0 unspecified atom stereocenters. The number of benzene rings is 1. The molecule has 0 aliphatic carbocycles. The molecule has 0 saturated heterocycles. The summed E-state index contributed by atoms with van der Waals surface area (Å²) in [6.45, 7) is 0. The third kappa shape index (κ3) is 2.91. The highest BCUT2D eigenvalue weighted by molar-refractivity contribution is 5.82. The lowest BCUT2D eigenvalue weighted by atomic mass is 10.1. The van der Waals surface area contributed by atoms with Crippen LogP contribution in [0.25, 0.3) is 0 Å². The molecule has 14 heavy (non-hydrogen) atoms. The Kier molecular flexibility index (Phi) is 3.69. The highest BCUT2D eigenvalue weighted by atomic mass is 16.5. The molecule has 72 valence electrons. The van der Waals surface area contributed by atoms with E-state index in [-0.39, 0.29) is 12.2 Å². The third-order valence-corrected chi connectivity index (χ3v) is 1.84. The molecule has 1 aromatic carbocycles. The van der Waals surface area contributed by atoms with Crippen molar-refractivity contribution in [3.63, 3.8) is 0 Å². The molecule has 0 aliphatic rings. The number of ketones is 1. The first-order valence-electron chi connectivity index (χ1n) is 4.28. The summed E-state index contributed by atoms with van der Waals surface area (Å²) in [5.74, 6) is 0.708. The highest BCUT2D eigenvalue weighted by Gasteiger charge is 2.02. The standard InChI is InChI=1S/C11H11NO2/c1-14-11-4-2-9(3-5-11)8-10(13)6-7-12/h2-5H,6,8H2,1H3. The lowest BCUT2D eigenvalue weighted by Crippen LogP contribution is -2.00. The summed E-state index contributed by atoms with van der Waals surface area (Å²) in [5, 5.41) is 8.31. The van der Waals surface area contributed by atoms with E-state index in [4.69, 9.17) is 10.00 Å². The summed E-state index contributed by atoms with van der Waals surface area (Å²) in [5.41, 5.74) is 0.908. The molecular formula is C11H11NO2. The molecule has 0 radical (unpaired) electrons. The first-order valence-corrected chi connectivity index (χ1v) is 4.28. The molecule has 3 heteroatoms. The Hall–Kier alpha value is -1.82.